The lowest BCUT2D eigenvalue weighted by atomic mass is 10.1. The highest BCUT2D eigenvalue weighted by Crippen LogP contribution is 2.11. The summed E-state index contributed by atoms with van der Waals surface area (Å²) in [5.74, 6) is 0. The predicted molar refractivity (Wildman–Crippen MR) is 86.3 cm³/mol. The molecule has 0 atom stereocenters. The van der Waals surface area contributed by atoms with Gasteiger partial charge in [-0.3, -0.25) is 0 Å². The van der Waals surface area contributed by atoms with Gasteiger partial charge in [0.15, 0.2) is 0 Å². The predicted octanol–water partition coefficient (Wildman–Crippen LogP) is 5.68. The minimum Gasteiger partial charge on any atom is -0.374 e. The zero-order valence-corrected chi connectivity index (χ0v) is 12.9. The third kappa shape index (κ3) is 9.81. The zero-order valence-electron chi connectivity index (χ0n) is 12.9. The normalized spacial score (nSPS) is 14.3. The molecule has 1 heteroatoms. The van der Waals surface area contributed by atoms with E-state index in [1.54, 1.807) is 0 Å². The lowest BCUT2D eigenvalue weighted by Gasteiger charge is -2.20. The van der Waals surface area contributed by atoms with E-state index in [1.165, 1.54) is 77.2 Å². The van der Waals surface area contributed by atoms with Crippen LogP contribution in [0, 0.1) is 0 Å². The fourth-order valence-corrected chi connectivity index (χ4v) is 2.65. The Morgan fingerprint density at radius 2 is 1.32 bits per heavy atom. The van der Waals surface area contributed by atoms with Gasteiger partial charge < -0.3 is 4.90 Å². The maximum absolute atomic E-state index is 2.41. The van der Waals surface area contributed by atoms with Crippen LogP contribution in [0.1, 0.15) is 77.6 Å². The largest absolute Gasteiger partial charge is 0.374 e. The van der Waals surface area contributed by atoms with Crippen LogP contribution in [0.4, 0.5) is 0 Å². The first-order chi connectivity index (χ1) is 9.43. The highest BCUT2D eigenvalue weighted by atomic mass is 15.1. The molecule has 1 aliphatic heterocycles. The van der Waals surface area contributed by atoms with Gasteiger partial charge in [-0.2, -0.15) is 0 Å². The molecule has 0 fully saturated rings. The van der Waals surface area contributed by atoms with Gasteiger partial charge >= 0.3 is 0 Å². The molecule has 0 amide bonds. The average Bonchev–Trinajstić information content (AvgIpc) is 2.46. The van der Waals surface area contributed by atoms with Crippen molar-refractivity contribution in [3.05, 3.63) is 24.4 Å². The van der Waals surface area contributed by atoms with Crippen LogP contribution in [0.15, 0.2) is 24.4 Å². The Hall–Kier alpha value is -0.720. The molecule has 0 aromatic rings. The van der Waals surface area contributed by atoms with Crippen LogP contribution in [-0.4, -0.2) is 18.0 Å². The third-order valence-electron chi connectivity index (χ3n) is 3.93. The molecular formula is C18H33N. The zero-order chi connectivity index (χ0) is 13.6. The van der Waals surface area contributed by atoms with E-state index in [-0.39, 0.29) is 0 Å². The van der Waals surface area contributed by atoms with Gasteiger partial charge in [-0.15, -0.1) is 0 Å². The summed E-state index contributed by atoms with van der Waals surface area (Å²) < 4.78 is 0. The summed E-state index contributed by atoms with van der Waals surface area (Å²) in [4.78, 5) is 2.41. The van der Waals surface area contributed by atoms with Crippen LogP contribution < -0.4 is 0 Å². The van der Waals surface area contributed by atoms with Gasteiger partial charge in [0.05, 0.1) is 0 Å². The maximum atomic E-state index is 2.41. The first kappa shape index (κ1) is 16.3. The van der Waals surface area contributed by atoms with Gasteiger partial charge in [-0.25, -0.2) is 0 Å². The van der Waals surface area contributed by atoms with E-state index in [9.17, 15) is 0 Å². The average molecular weight is 263 g/mol. The monoisotopic (exact) mass is 263 g/mol. The third-order valence-corrected chi connectivity index (χ3v) is 3.93. The molecule has 1 heterocycles. The van der Waals surface area contributed by atoms with Gasteiger partial charge in [-0.1, -0.05) is 83.3 Å². The van der Waals surface area contributed by atoms with Gasteiger partial charge in [-0.05, 0) is 18.7 Å². The Labute approximate surface area is 120 Å². The van der Waals surface area contributed by atoms with Crippen LogP contribution in [0.25, 0.3) is 0 Å². The second-order valence-corrected chi connectivity index (χ2v) is 5.80. The van der Waals surface area contributed by atoms with Crippen molar-refractivity contribution in [1.82, 2.24) is 4.90 Å². The molecule has 0 aromatic carbocycles. The molecule has 0 saturated heterocycles. The van der Waals surface area contributed by atoms with Crippen LogP contribution in [0.5, 0.6) is 0 Å². The number of unbranched alkanes of at least 4 members (excludes halogenated alkanes) is 10. The molecule has 1 nitrogen and oxygen atoms in total. The van der Waals surface area contributed by atoms with Crippen molar-refractivity contribution in [1.29, 1.82) is 0 Å². The quantitative estimate of drug-likeness (QED) is 0.409. The van der Waals surface area contributed by atoms with E-state index < -0.39 is 0 Å². The second kappa shape index (κ2) is 12.3. The summed E-state index contributed by atoms with van der Waals surface area (Å²) in [6.07, 6.45) is 24.5. The molecule has 19 heavy (non-hydrogen) atoms. The van der Waals surface area contributed by atoms with E-state index in [1.807, 2.05) is 0 Å². The van der Waals surface area contributed by atoms with E-state index in [0.29, 0.717) is 0 Å². The smallest absolute Gasteiger partial charge is 0.0357 e. The van der Waals surface area contributed by atoms with E-state index in [2.05, 4.69) is 36.3 Å². The standard InChI is InChI=1S/C18H33N/c1-2-3-4-5-6-7-8-9-10-11-13-16-19-17-14-12-15-18-19/h12,14-15,17H,2-11,13,16,18H2,1H3. The van der Waals surface area contributed by atoms with E-state index in [0.717, 1.165) is 6.54 Å². The topological polar surface area (TPSA) is 3.24 Å². The van der Waals surface area contributed by atoms with Crippen LogP contribution >= 0.6 is 0 Å². The number of hydrogen-bond acceptors (Lipinski definition) is 1. The fourth-order valence-electron chi connectivity index (χ4n) is 2.65. The molecule has 0 unspecified atom stereocenters. The Morgan fingerprint density at radius 3 is 1.84 bits per heavy atom. The van der Waals surface area contributed by atoms with Crippen molar-refractivity contribution in [2.24, 2.45) is 0 Å². The SMILES string of the molecule is CCCCCCCCCCCCCN1C=CC=CC1. The Kier molecular flexibility index (Phi) is 10.6. The summed E-state index contributed by atoms with van der Waals surface area (Å²) in [6, 6.07) is 0. The summed E-state index contributed by atoms with van der Waals surface area (Å²) >= 11 is 0. The van der Waals surface area contributed by atoms with Crippen molar-refractivity contribution in [2.45, 2.75) is 77.6 Å². The molecule has 0 spiro atoms. The van der Waals surface area contributed by atoms with Crippen molar-refractivity contribution in [2.75, 3.05) is 13.1 Å². The van der Waals surface area contributed by atoms with Crippen molar-refractivity contribution in [3.63, 3.8) is 0 Å². The number of allylic oxidation sites excluding steroid dienone is 2. The molecule has 0 saturated carbocycles. The molecule has 0 N–H and O–H groups in total. The molecule has 1 aliphatic rings. The molecular weight excluding hydrogens is 230 g/mol. The van der Waals surface area contributed by atoms with Gasteiger partial charge in [0.1, 0.15) is 0 Å². The summed E-state index contributed by atoms with van der Waals surface area (Å²) in [7, 11) is 0. The summed E-state index contributed by atoms with van der Waals surface area (Å²) in [5.41, 5.74) is 0. The molecule has 1 rings (SSSR count). The summed E-state index contributed by atoms with van der Waals surface area (Å²) in [5, 5.41) is 0. The Morgan fingerprint density at radius 1 is 0.737 bits per heavy atom. The van der Waals surface area contributed by atoms with Crippen molar-refractivity contribution >= 4 is 0 Å². The lowest BCUT2D eigenvalue weighted by Crippen LogP contribution is -2.19. The first-order valence-electron chi connectivity index (χ1n) is 8.51. The van der Waals surface area contributed by atoms with Crippen LogP contribution in [0.2, 0.25) is 0 Å². The number of rotatable bonds is 12. The first-order valence-corrected chi connectivity index (χ1v) is 8.51. The number of hydrogen-bond donors (Lipinski definition) is 0. The summed E-state index contributed by atoms with van der Waals surface area (Å²) in [6.45, 7) is 4.63. The van der Waals surface area contributed by atoms with Gasteiger partial charge in [0.25, 0.3) is 0 Å². The molecule has 0 aliphatic carbocycles. The molecule has 0 radical (unpaired) electrons. The second-order valence-electron chi connectivity index (χ2n) is 5.80. The fraction of sp³-hybridized carbons (Fsp3) is 0.778. The Balaban J connectivity index is 1.74. The number of nitrogens with zero attached hydrogens (tertiary/aromatic N) is 1. The van der Waals surface area contributed by atoms with Crippen molar-refractivity contribution < 1.29 is 0 Å². The van der Waals surface area contributed by atoms with Crippen LogP contribution in [0.3, 0.4) is 0 Å². The molecule has 110 valence electrons. The maximum Gasteiger partial charge on any atom is 0.0357 e. The van der Waals surface area contributed by atoms with Crippen LogP contribution in [-0.2, 0) is 0 Å². The van der Waals surface area contributed by atoms with Crippen molar-refractivity contribution in [3.8, 4) is 0 Å². The van der Waals surface area contributed by atoms with E-state index in [4.69, 9.17) is 0 Å². The van der Waals surface area contributed by atoms with Gasteiger partial charge in [0.2, 0.25) is 0 Å². The lowest BCUT2D eigenvalue weighted by molar-refractivity contribution is 0.392. The van der Waals surface area contributed by atoms with Gasteiger partial charge in [0, 0.05) is 13.1 Å². The van der Waals surface area contributed by atoms with E-state index >= 15 is 0 Å². The highest BCUT2D eigenvalue weighted by Gasteiger charge is 1.99. The molecule has 0 aromatic heterocycles. The minimum absolute atomic E-state index is 1.11. The minimum atomic E-state index is 1.11. The molecule has 0 bridgehead atoms. The Bertz CT molecular complexity index is 242. The highest BCUT2D eigenvalue weighted by molar-refractivity contribution is 5.08.